The Balaban J connectivity index is 1.55. The second kappa shape index (κ2) is 6.61. The molecule has 0 spiro atoms. The number of hydrogen-bond donors (Lipinski definition) is 1. The van der Waals surface area contributed by atoms with Crippen LogP contribution in [0.5, 0.6) is 11.5 Å². The topological polar surface area (TPSA) is 102 Å². The van der Waals surface area contributed by atoms with Crippen LogP contribution in [-0.4, -0.2) is 35.9 Å². The number of rotatable bonds is 4. The summed E-state index contributed by atoms with van der Waals surface area (Å²) < 4.78 is 63.8. The third kappa shape index (κ3) is 3.54. The molecule has 2 aromatic carbocycles. The van der Waals surface area contributed by atoms with E-state index in [4.69, 9.17) is 9.47 Å². The summed E-state index contributed by atoms with van der Waals surface area (Å²) in [4.78, 5) is 0.0401. The zero-order chi connectivity index (χ0) is 19.1. The SMILES string of the molecule is O=S(=O)(Nc1ccc2c(c1)OCO2)c1ccc(N2CCCCS2(=O)=O)cc1. The molecule has 2 aliphatic rings. The van der Waals surface area contributed by atoms with Crippen LogP contribution in [0.4, 0.5) is 11.4 Å². The van der Waals surface area contributed by atoms with E-state index in [0.717, 1.165) is 6.42 Å². The lowest BCUT2D eigenvalue weighted by Crippen LogP contribution is -2.37. The Hall–Kier alpha value is -2.46. The van der Waals surface area contributed by atoms with Crippen molar-refractivity contribution in [3.8, 4) is 11.5 Å². The molecule has 1 fully saturated rings. The molecule has 0 saturated carbocycles. The number of fused-ring (bicyclic) bond motifs is 1. The average Bonchev–Trinajstić information content (AvgIpc) is 3.09. The molecule has 0 radical (unpaired) electrons. The summed E-state index contributed by atoms with van der Waals surface area (Å²) in [7, 11) is -7.16. The first kappa shape index (κ1) is 17.9. The largest absolute Gasteiger partial charge is 0.454 e. The van der Waals surface area contributed by atoms with E-state index >= 15 is 0 Å². The Bertz CT molecular complexity index is 1070. The molecule has 0 aliphatic carbocycles. The van der Waals surface area contributed by atoms with Crippen LogP contribution >= 0.6 is 0 Å². The van der Waals surface area contributed by atoms with Crippen molar-refractivity contribution in [1.29, 1.82) is 0 Å². The van der Waals surface area contributed by atoms with Gasteiger partial charge in [0.2, 0.25) is 16.8 Å². The lowest BCUT2D eigenvalue weighted by atomic mass is 10.3. The van der Waals surface area contributed by atoms with Gasteiger partial charge in [0, 0.05) is 12.6 Å². The summed E-state index contributed by atoms with van der Waals surface area (Å²) in [6, 6.07) is 10.6. The third-order valence-corrected chi connectivity index (χ3v) is 7.68. The zero-order valence-electron chi connectivity index (χ0n) is 14.3. The summed E-state index contributed by atoms with van der Waals surface area (Å²) in [5.74, 6) is 1.14. The summed E-state index contributed by atoms with van der Waals surface area (Å²) in [5.41, 5.74) is 0.818. The van der Waals surface area contributed by atoms with Gasteiger partial charge in [0.15, 0.2) is 11.5 Å². The molecular weight excluding hydrogens is 392 g/mol. The van der Waals surface area contributed by atoms with E-state index in [1.54, 1.807) is 18.2 Å². The Morgan fingerprint density at radius 2 is 1.70 bits per heavy atom. The first-order chi connectivity index (χ1) is 12.9. The molecule has 27 heavy (non-hydrogen) atoms. The summed E-state index contributed by atoms with van der Waals surface area (Å²) in [6.07, 6.45) is 1.43. The van der Waals surface area contributed by atoms with Gasteiger partial charge in [-0.3, -0.25) is 9.03 Å². The molecule has 144 valence electrons. The first-order valence-corrected chi connectivity index (χ1v) is 11.5. The van der Waals surface area contributed by atoms with Crippen molar-refractivity contribution in [2.75, 3.05) is 28.1 Å². The minimum atomic E-state index is -3.82. The van der Waals surface area contributed by atoms with Crippen LogP contribution in [0.2, 0.25) is 0 Å². The van der Waals surface area contributed by atoms with Crippen molar-refractivity contribution in [1.82, 2.24) is 0 Å². The molecule has 0 unspecified atom stereocenters. The minimum Gasteiger partial charge on any atom is -0.454 e. The van der Waals surface area contributed by atoms with Crippen LogP contribution in [0, 0.1) is 0 Å². The van der Waals surface area contributed by atoms with Gasteiger partial charge < -0.3 is 9.47 Å². The van der Waals surface area contributed by atoms with Gasteiger partial charge >= 0.3 is 0 Å². The van der Waals surface area contributed by atoms with Crippen LogP contribution in [0.25, 0.3) is 0 Å². The molecule has 0 amide bonds. The fourth-order valence-electron chi connectivity index (χ4n) is 3.04. The molecule has 8 nitrogen and oxygen atoms in total. The molecule has 0 bridgehead atoms. The average molecular weight is 410 g/mol. The fourth-order valence-corrected chi connectivity index (χ4v) is 5.73. The van der Waals surface area contributed by atoms with E-state index < -0.39 is 20.0 Å². The maximum Gasteiger partial charge on any atom is 0.261 e. The number of hydrogen-bond acceptors (Lipinski definition) is 6. The van der Waals surface area contributed by atoms with Gasteiger partial charge in [0.05, 0.1) is 22.0 Å². The van der Waals surface area contributed by atoms with Crippen LogP contribution in [-0.2, 0) is 20.0 Å². The van der Waals surface area contributed by atoms with Crippen LogP contribution < -0.4 is 18.5 Å². The zero-order valence-corrected chi connectivity index (χ0v) is 15.9. The summed E-state index contributed by atoms with van der Waals surface area (Å²) in [6.45, 7) is 0.510. The van der Waals surface area contributed by atoms with E-state index in [-0.39, 0.29) is 17.4 Å². The molecule has 0 aromatic heterocycles. The normalized spacial score (nSPS) is 18.3. The number of ether oxygens (including phenoxy) is 2. The maximum atomic E-state index is 12.6. The van der Waals surface area contributed by atoms with E-state index in [9.17, 15) is 16.8 Å². The number of sulfonamides is 2. The molecule has 2 aliphatic heterocycles. The Morgan fingerprint density at radius 3 is 2.44 bits per heavy atom. The van der Waals surface area contributed by atoms with Crippen molar-refractivity contribution in [2.24, 2.45) is 0 Å². The van der Waals surface area contributed by atoms with Crippen LogP contribution in [0.1, 0.15) is 12.8 Å². The Morgan fingerprint density at radius 1 is 0.963 bits per heavy atom. The van der Waals surface area contributed by atoms with Gasteiger partial charge in [-0.25, -0.2) is 16.8 Å². The quantitative estimate of drug-likeness (QED) is 0.829. The van der Waals surface area contributed by atoms with Crippen LogP contribution in [0.15, 0.2) is 47.4 Å². The van der Waals surface area contributed by atoms with Gasteiger partial charge in [-0.1, -0.05) is 0 Å². The van der Waals surface area contributed by atoms with E-state index in [2.05, 4.69) is 4.72 Å². The van der Waals surface area contributed by atoms with E-state index in [0.29, 0.717) is 35.8 Å². The number of nitrogens with one attached hydrogen (secondary N) is 1. The summed E-state index contributed by atoms with van der Waals surface area (Å²) >= 11 is 0. The van der Waals surface area contributed by atoms with Crippen molar-refractivity contribution in [3.63, 3.8) is 0 Å². The minimum absolute atomic E-state index is 0.0401. The van der Waals surface area contributed by atoms with E-state index in [1.165, 1.54) is 28.6 Å². The Kier molecular flexibility index (Phi) is 4.39. The van der Waals surface area contributed by atoms with Crippen LogP contribution in [0.3, 0.4) is 0 Å². The lowest BCUT2D eigenvalue weighted by molar-refractivity contribution is 0.174. The van der Waals surface area contributed by atoms with Crippen molar-refractivity contribution in [2.45, 2.75) is 17.7 Å². The molecule has 0 atom stereocenters. The smallest absolute Gasteiger partial charge is 0.261 e. The number of anilines is 2. The van der Waals surface area contributed by atoms with Crippen molar-refractivity contribution < 1.29 is 26.3 Å². The van der Waals surface area contributed by atoms with Gasteiger partial charge in [0.25, 0.3) is 10.0 Å². The molecule has 1 N–H and O–H groups in total. The standard InChI is InChI=1S/C17H18N2O6S2/c20-26(21)10-2-1-9-19(26)14-4-6-15(7-5-14)27(22,23)18-13-3-8-16-17(11-13)25-12-24-16/h3-8,11,18H,1-2,9-10,12H2. The van der Waals surface area contributed by atoms with E-state index in [1.807, 2.05) is 0 Å². The third-order valence-electron chi connectivity index (χ3n) is 4.41. The first-order valence-electron chi connectivity index (χ1n) is 8.38. The van der Waals surface area contributed by atoms with Crippen molar-refractivity contribution in [3.05, 3.63) is 42.5 Å². The molecule has 2 heterocycles. The second-order valence-electron chi connectivity index (χ2n) is 6.26. The molecular formula is C17H18N2O6S2. The predicted octanol–water partition coefficient (Wildman–Crippen LogP) is 2.15. The van der Waals surface area contributed by atoms with Gasteiger partial charge in [-0.15, -0.1) is 0 Å². The molecule has 4 rings (SSSR count). The number of nitrogens with zero attached hydrogens (tertiary/aromatic N) is 1. The highest BCUT2D eigenvalue weighted by Gasteiger charge is 2.26. The monoisotopic (exact) mass is 410 g/mol. The highest BCUT2D eigenvalue weighted by molar-refractivity contribution is 7.93. The fraction of sp³-hybridized carbons (Fsp3) is 0.294. The maximum absolute atomic E-state index is 12.6. The highest BCUT2D eigenvalue weighted by Crippen LogP contribution is 2.35. The van der Waals surface area contributed by atoms with Gasteiger partial charge in [-0.05, 0) is 49.2 Å². The number of benzene rings is 2. The predicted molar refractivity (Wildman–Crippen MR) is 100 cm³/mol. The lowest BCUT2D eigenvalue weighted by Gasteiger charge is -2.28. The van der Waals surface area contributed by atoms with Gasteiger partial charge in [0.1, 0.15) is 0 Å². The highest BCUT2D eigenvalue weighted by atomic mass is 32.2. The molecule has 2 aromatic rings. The molecule has 1 saturated heterocycles. The Labute approximate surface area is 157 Å². The summed E-state index contributed by atoms with van der Waals surface area (Å²) in [5, 5.41) is 0. The second-order valence-corrected chi connectivity index (χ2v) is 9.96. The van der Waals surface area contributed by atoms with Gasteiger partial charge in [-0.2, -0.15) is 0 Å². The van der Waals surface area contributed by atoms with Crippen molar-refractivity contribution >= 4 is 31.4 Å². The molecule has 10 heteroatoms.